The van der Waals surface area contributed by atoms with Gasteiger partial charge in [0.05, 0.1) is 9.60 Å². The smallest absolute Gasteiger partial charge is 0.135 e. The average Bonchev–Trinajstić information content (AvgIpc) is 1.02. The molecule has 0 atom stereocenters. The minimum atomic E-state index is -1.75. The van der Waals surface area contributed by atoms with Gasteiger partial charge in [0, 0.05) is 80.8 Å². The number of hydrogen-bond acceptors (Lipinski definition) is 4. The van der Waals surface area contributed by atoms with Gasteiger partial charge in [0.1, 0.15) is 5.82 Å². The SMILES string of the molecule is [2H]c1c([2H])c(-c2cccc(-c3c([2H])c([2H])c4c(c3[2H])C(C)(C)CCC4(C)C)c2N2[CH-]N(c3[c-]c(Oc4[c-]c5c(cc4)c4ccccc4n5-c4cc(C([2H])([2H])C(C)(C)C)c(-c5ccccc5)cn4)ccc3)c3ccccc32)c([2H])c(C(C)(C)C)c1[2H].[Pt]. The Kier molecular flexibility index (Phi) is 10.7. The molecule has 0 saturated heterocycles. The van der Waals surface area contributed by atoms with Crippen molar-refractivity contribution in [2.24, 2.45) is 5.41 Å². The van der Waals surface area contributed by atoms with Crippen LogP contribution in [0.4, 0.5) is 22.7 Å². The predicted molar refractivity (Wildman–Crippen MR) is 318 cm³/mol. The van der Waals surface area contributed by atoms with Crippen molar-refractivity contribution in [1.82, 2.24) is 9.55 Å². The Morgan fingerprint density at radius 3 is 2.04 bits per heavy atom. The molecule has 1 aliphatic heterocycles. The molecule has 10 aromatic rings. The molecule has 77 heavy (non-hydrogen) atoms. The molecule has 0 amide bonds. The van der Waals surface area contributed by atoms with E-state index in [4.69, 9.17) is 11.1 Å². The molecule has 1 aliphatic carbocycles. The van der Waals surface area contributed by atoms with Gasteiger partial charge in [0.25, 0.3) is 0 Å². The molecule has 0 saturated carbocycles. The maximum Gasteiger partial charge on any atom is 0.135 e. The second-order valence-corrected chi connectivity index (χ2v) is 23.6. The normalized spacial score (nSPS) is 16.7. The molecule has 5 nitrogen and oxygen atoms in total. The van der Waals surface area contributed by atoms with Crippen LogP contribution in [-0.4, -0.2) is 9.55 Å². The summed E-state index contributed by atoms with van der Waals surface area (Å²) in [4.78, 5) is 8.96. The summed E-state index contributed by atoms with van der Waals surface area (Å²) < 4.78 is 95.2. The molecule has 8 aromatic carbocycles. The Hall–Kier alpha value is -7.20. The second kappa shape index (κ2) is 19.7. The molecule has 6 heteroatoms. The van der Waals surface area contributed by atoms with Crippen LogP contribution in [0.1, 0.15) is 117 Å². The molecule has 3 heterocycles. The van der Waals surface area contributed by atoms with Crippen LogP contribution in [0.3, 0.4) is 0 Å². The zero-order valence-electron chi connectivity index (χ0n) is 54.3. The zero-order chi connectivity index (χ0) is 60.6. The van der Waals surface area contributed by atoms with Gasteiger partial charge in [-0.2, -0.15) is 12.1 Å². The van der Waals surface area contributed by atoms with Crippen LogP contribution in [0.2, 0.25) is 0 Å². The van der Waals surface area contributed by atoms with Crippen molar-refractivity contribution in [1.29, 1.82) is 0 Å². The molecule has 12 rings (SSSR count). The summed E-state index contributed by atoms with van der Waals surface area (Å²) in [6, 6.07) is 48.9. The first-order valence-electron chi connectivity index (χ1n) is 30.8. The molecule has 0 bridgehead atoms. The van der Waals surface area contributed by atoms with Gasteiger partial charge in [-0.05, 0) is 109 Å². The average molecular weight is 1200 g/mol. The van der Waals surface area contributed by atoms with Gasteiger partial charge in [0.2, 0.25) is 0 Å². The van der Waals surface area contributed by atoms with Crippen molar-refractivity contribution in [2.45, 2.75) is 105 Å². The van der Waals surface area contributed by atoms with Crippen molar-refractivity contribution in [3.63, 3.8) is 0 Å². The fourth-order valence-electron chi connectivity index (χ4n) is 10.8. The maximum atomic E-state index is 10.2. The molecule has 390 valence electrons. The van der Waals surface area contributed by atoms with Crippen molar-refractivity contribution in [2.75, 3.05) is 9.80 Å². The molecular weight excluding hydrogens is 1120 g/mol. The Morgan fingerprint density at radius 1 is 0.636 bits per heavy atom. The van der Waals surface area contributed by atoms with E-state index < -0.39 is 28.0 Å². The number of pyridine rings is 1. The van der Waals surface area contributed by atoms with Gasteiger partial charge in [-0.1, -0.05) is 196 Å². The number of nitrogens with zero attached hydrogens (tertiary/aromatic N) is 4. The fraction of sp³-hybridized carbons (Fsp3) is 0.239. The Labute approximate surface area is 483 Å². The van der Waals surface area contributed by atoms with Crippen LogP contribution >= 0.6 is 0 Å². The number of benzene rings is 8. The number of fused-ring (bicyclic) bond motifs is 5. The topological polar surface area (TPSA) is 33.5 Å². The Balaban J connectivity index is 0.00000768. The van der Waals surface area contributed by atoms with Gasteiger partial charge in [-0.3, -0.25) is 0 Å². The molecule has 0 radical (unpaired) electrons. The van der Waals surface area contributed by atoms with E-state index in [9.17, 15) is 11.0 Å². The van der Waals surface area contributed by atoms with Crippen molar-refractivity contribution in [3.8, 4) is 50.7 Å². The van der Waals surface area contributed by atoms with Crippen molar-refractivity contribution < 1.29 is 38.1 Å². The second-order valence-electron chi connectivity index (χ2n) is 23.6. The quantitative estimate of drug-likeness (QED) is 0.135. The molecule has 2 aliphatic rings. The Morgan fingerprint density at radius 2 is 1.30 bits per heavy atom. The van der Waals surface area contributed by atoms with Gasteiger partial charge >= 0.3 is 0 Å². The third-order valence-corrected chi connectivity index (χ3v) is 14.9. The summed E-state index contributed by atoms with van der Waals surface area (Å²) >= 11 is 0. The maximum absolute atomic E-state index is 10.2. The number of anilines is 4. The van der Waals surface area contributed by atoms with Crippen molar-refractivity contribution >= 4 is 44.6 Å². The summed E-state index contributed by atoms with van der Waals surface area (Å²) in [6.45, 7) is 21.7. The summed E-state index contributed by atoms with van der Waals surface area (Å²) in [5.41, 5.74) is 6.78. The Bertz CT molecular complexity index is 4370. The van der Waals surface area contributed by atoms with E-state index in [0.717, 1.165) is 51.5 Å². The van der Waals surface area contributed by atoms with Gasteiger partial charge in [-0.15, -0.1) is 48.1 Å². The molecule has 0 unspecified atom stereocenters. The third-order valence-electron chi connectivity index (χ3n) is 14.9. The van der Waals surface area contributed by atoms with E-state index in [0.29, 0.717) is 67.7 Å². The summed E-state index contributed by atoms with van der Waals surface area (Å²) in [5, 5.41) is 1.88. The van der Waals surface area contributed by atoms with Crippen LogP contribution in [0.5, 0.6) is 11.5 Å². The number of hydrogen-bond donors (Lipinski definition) is 0. The van der Waals surface area contributed by atoms with E-state index in [2.05, 4.69) is 45.9 Å². The third kappa shape index (κ3) is 9.71. The van der Waals surface area contributed by atoms with Gasteiger partial charge < -0.3 is 19.1 Å². The van der Waals surface area contributed by atoms with Gasteiger partial charge in [-0.25, -0.2) is 4.98 Å². The molecule has 2 aromatic heterocycles. The molecule has 0 spiro atoms. The van der Waals surface area contributed by atoms with Crippen LogP contribution in [0, 0.1) is 24.2 Å². The predicted octanol–water partition coefficient (Wildman–Crippen LogP) is 19.2. The molecule has 0 N–H and O–H groups in total. The van der Waals surface area contributed by atoms with Crippen LogP contribution in [-0.2, 0) is 43.7 Å². The van der Waals surface area contributed by atoms with E-state index in [1.807, 2.05) is 184 Å². The zero-order valence-corrected chi connectivity index (χ0v) is 47.6. The van der Waals surface area contributed by atoms with Crippen LogP contribution < -0.4 is 14.5 Å². The number of ether oxygens (including phenoxy) is 1. The number of rotatable bonds is 9. The largest absolute Gasteiger partial charge is 0.509 e. The van der Waals surface area contributed by atoms with E-state index >= 15 is 0 Å². The minimum Gasteiger partial charge on any atom is -0.509 e. The monoisotopic (exact) mass is 1200 g/mol. The standard InChI is InChI=1S/C71H67N4O.Pt/c1-68(2,3)44-50-41-66(72-45-59(50)47-21-12-11-13-22-47)75-62-30-15-14-27-57(62)58-35-34-54(43-65(58)75)76-53-26-19-25-52(42-53)73-46-74(64-32-17-16-31-63(64)73)67-55(48-23-18-24-51(39-48)69(4,5)6)28-20-29-56(67)49-33-36-60-61(40-49)71(9,10)38-37-70(60,7)8;/h11-36,39-41,45-46H,37-38,44H2,1-10H3;/q-3;/i18D,23D,24D,33D,36D,39D,40D,44D2;. The first-order chi connectivity index (χ1) is 40.1. The number of aromatic nitrogens is 2. The first kappa shape index (κ1) is 41.9. The van der Waals surface area contributed by atoms with Crippen molar-refractivity contribution in [3.05, 3.63) is 223 Å². The number of para-hydroxylation sites is 4. The summed E-state index contributed by atoms with van der Waals surface area (Å²) in [6.07, 6.45) is 1.60. The summed E-state index contributed by atoms with van der Waals surface area (Å²) in [5.74, 6) is 1.33. The van der Waals surface area contributed by atoms with Gasteiger partial charge in [0.15, 0.2) is 0 Å². The summed E-state index contributed by atoms with van der Waals surface area (Å²) in [7, 11) is 0. The van der Waals surface area contributed by atoms with Crippen LogP contribution in [0.25, 0.3) is 61.0 Å². The fourth-order valence-corrected chi connectivity index (χ4v) is 10.8. The van der Waals surface area contributed by atoms with Crippen LogP contribution in [0.15, 0.2) is 182 Å². The molecular formula is C71H67N4OPt-3. The molecule has 0 fully saturated rings. The van der Waals surface area contributed by atoms with E-state index in [1.54, 1.807) is 12.3 Å². The minimum absolute atomic E-state index is 0. The first-order valence-corrected chi connectivity index (χ1v) is 26.3. The van der Waals surface area contributed by atoms with E-state index in [1.165, 1.54) is 0 Å². The van der Waals surface area contributed by atoms with E-state index in [-0.39, 0.29) is 74.5 Å².